The van der Waals surface area contributed by atoms with E-state index in [9.17, 15) is 4.39 Å². The van der Waals surface area contributed by atoms with Crippen molar-refractivity contribution in [2.24, 2.45) is 0 Å². The number of nitrogens with zero attached hydrogens (tertiary/aromatic N) is 1. The molecule has 1 aromatic rings. The van der Waals surface area contributed by atoms with Gasteiger partial charge in [-0.15, -0.1) is 0 Å². The van der Waals surface area contributed by atoms with Crippen LogP contribution in [0.3, 0.4) is 0 Å². The van der Waals surface area contributed by atoms with Crippen LogP contribution in [0.4, 0.5) is 4.39 Å². The lowest BCUT2D eigenvalue weighted by Gasteiger charge is -2.21. The fraction of sp³-hybridized carbons (Fsp3) is 0.600. The summed E-state index contributed by atoms with van der Waals surface area (Å²) in [5.74, 6) is 0.342. The first-order valence-corrected chi connectivity index (χ1v) is 6.83. The molecule has 0 amide bonds. The summed E-state index contributed by atoms with van der Waals surface area (Å²) in [7, 11) is 5.29. The van der Waals surface area contributed by atoms with Crippen LogP contribution in [0.5, 0.6) is 5.75 Å². The summed E-state index contributed by atoms with van der Waals surface area (Å²) in [6.07, 6.45) is 0. The van der Waals surface area contributed by atoms with Crippen molar-refractivity contribution in [2.45, 2.75) is 13.0 Å². The van der Waals surface area contributed by atoms with Crippen molar-refractivity contribution in [3.63, 3.8) is 0 Å². The van der Waals surface area contributed by atoms with Gasteiger partial charge in [-0.25, -0.2) is 4.39 Å². The van der Waals surface area contributed by atoms with E-state index >= 15 is 0 Å². The van der Waals surface area contributed by atoms with Crippen LogP contribution in [-0.2, 0) is 4.74 Å². The second-order valence-electron chi connectivity index (χ2n) is 4.83. The van der Waals surface area contributed by atoms with Crippen LogP contribution < -0.4 is 10.1 Å². The maximum absolute atomic E-state index is 13.9. The van der Waals surface area contributed by atoms with Crippen LogP contribution in [-0.4, -0.2) is 52.4 Å². The van der Waals surface area contributed by atoms with Crippen LogP contribution in [0.15, 0.2) is 18.2 Å². The van der Waals surface area contributed by atoms with Gasteiger partial charge in [-0.05, 0) is 26.1 Å². The zero-order valence-corrected chi connectivity index (χ0v) is 12.8. The summed E-state index contributed by atoms with van der Waals surface area (Å²) in [6.45, 7) is 5.20. The van der Waals surface area contributed by atoms with E-state index in [0.717, 1.165) is 19.6 Å². The third-order valence-corrected chi connectivity index (χ3v) is 3.29. The van der Waals surface area contributed by atoms with Crippen molar-refractivity contribution in [2.75, 3.05) is 47.5 Å². The molecule has 1 aromatic carbocycles. The first-order chi connectivity index (χ1) is 9.60. The highest BCUT2D eigenvalue weighted by Gasteiger charge is 2.15. The molecule has 0 spiro atoms. The minimum Gasteiger partial charge on any atom is -0.496 e. The Morgan fingerprint density at radius 1 is 1.30 bits per heavy atom. The molecule has 0 aromatic heterocycles. The lowest BCUT2D eigenvalue weighted by atomic mass is 10.1. The number of ether oxygens (including phenoxy) is 2. The monoisotopic (exact) mass is 284 g/mol. The molecule has 0 saturated heterocycles. The lowest BCUT2D eigenvalue weighted by Crippen LogP contribution is -2.32. The first kappa shape index (κ1) is 16.9. The fourth-order valence-corrected chi connectivity index (χ4v) is 2.05. The van der Waals surface area contributed by atoms with Gasteiger partial charge in [0.05, 0.1) is 13.7 Å². The van der Waals surface area contributed by atoms with Crippen molar-refractivity contribution in [1.29, 1.82) is 0 Å². The number of methoxy groups -OCH3 is 2. The lowest BCUT2D eigenvalue weighted by molar-refractivity contribution is 0.161. The maximum Gasteiger partial charge on any atom is 0.131 e. The Balaban J connectivity index is 2.49. The van der Waals surface area contributed by atoms with Gasteiger partial charge in [-0.3, -0.25) is 0 Å². The van der Waals surface area contributed by atoms with Gasteiger partial charge in [0.25, 0.3) is 0 Å². The number of hydrogen-bond acceptors (Lipinski definition) is 4. The van der Waals surface area contributed by atoms with E-state index in [-0.39, 0.29) is 11.9 Å². The second-order valence-corrected chi connectivity index (χ2v) is 4.83. The molecule has 1 N–H and O–H groups in total. The van der Waals surface area contributed by atoms with Crippen molar-refractivity contribution < 1.29 is 13.9 Å². The Labute approximate surface area is 120 Å². The molecule has 1 rings (SSSR count). The molecule has 0 saturated carbocycles. The molecular formula is C15H25FN2O2. The smallest absolute Gasteiger partial charge is 0.131 e. The Morgan fingerprint density at radius 2 is 2.05 bits per heavy atom. The number of likely N-dealkylation sites (N-methyl/N-ethyl adjacent to an activating group) is 1. The van der Waals surface area contributed by atoms with E-state index in [1.54, 1.807) is 26.4 Å². The highest BCUT2D eigenvalue weighted by atomic mass is 19.1. The number of benzene rings is 1. The predicted octanol–water partition coefficient (Wildman–Crippen LogP) is 2.06. The predicted molar refractivity (Wildman–Crippen MR) is 78.7 cm³/mol. The van der Waals surface area contributed by atoms with Gasteiger partial charge < -0.3 is 19.7 Å². The van der Waals surface area contributed by atoms with Gasteiger partial charge in [0.2, 0.25) is 0 Å². The molecule has 114 valence electrons. The standard InChI is InChI=1S/C15H25FN2O2/c1-12(17-8-9-18(2)10-11-19-3)15-13(16)6-5-7-14(15)20-4/h5-7,12,17H,8-11H2,1-4H3. The Hall–Kier alpha value is -1.17. The van der Waals surface area contributed by atoms with Gasteiger partial charge in [0, 0.05) is 38.3 Å². The molecule has 1 atom stereocenters. The summed E-state index contributed by atoms with van der Waals surface area (Å²) in [4.78, 5) is 2.17. The molecule has 0 bridgehead atoms. The van der Waals surface area contributed by atoms with Crippen molar-refractivity contribution in [3.8, 4) is 5.75 Å². The van der Waals surface area contributed by atoms with E-state index in [2.05, 4.69) is 10.2 Å². The number of halogens is 1. The van der Waals surface area contributed by atoms with Crippen LogP contribution >= 0.6 is 0 Å². The average molecular weight is 284 g/mol. The minimum atomic E-state index is -0.239. The van der Waals surface area contributed by atoms with Crippen molar-refractivity contribution >= 4 is 0 Å². The van der Waals surface area contributed by atoms with Crippen LogP contribution in [0, 0.1) is 5.82 Å². The summed E-state index contributed by atoms with van der Waals surface area (Å²) < 4.78 is 24.1. The summed E-state index contributed by atoms with van der Waals surface area (Å²) in [6, 6.07) is 4.80. The van der Waals surface area contributed by atoms with E-state index in [1.807, 2.05) is 14.0 Å². The number of hydrogen-bond donors (Lipinski definition) is 1. The van der Waals surface area contributed by atoms with Gasteiger partial charge in [-0.1, -0.05) is 6.07 Å². The van der Waals surface area contributed by atoms with E-state index in [4.69, 9.17) is 9.47 Å². The molecule has 1 unspecified atom stereocenters. The fourth-order valence-electron chi connectivity index (χ4n) is 2.05. The number of nitrogens with one attached hydrogen (secondary N) is 1. The average Bonchev–Trinajstić information content (AvgIpc) is 2.44. The molecule has 4 nitrogen and oxygen atoms in total. The first-order valence-electron chi connectivity index (χ1n) is 6.83. The Kier molecular flexibility index (Phi) is 7.51. The quantitative estimate of drug-likeness (QED) is 0.752. The second kappa shape index (κ2) is 8.89. The number of rotatable bonds is 9. The summed E-state index contributed by atoms with van der Waals surface area (Å²) in [5, 5.41) is 3.32. The Morgan fingerprint density at radius 3 is 2.70 bits per heavy atom. The maximum atomic E-state index is 13.9. The molecule has 0 radical (unpaired) electrons. The van der Waals surface area contributed by atoms with Crippen LogP contribution in [0.1, 0.15) is 18.5 Å². The zero-order valence-electron chi connectivity index (χ0n) is 12.8. The van der Waals surface area contributed by atoms with Crippen molar-refractivity contribution in [1.82, 2.24) is 10.2 Å². The molecule has 0 heterocycles. The minimum absolute atomic E-state index is 0.0954. The molecule has 0 aliphatic carbocycles. The molecule has 0 fully saturated rings. The Bertz CT molecular complexity index is 401. The van der Waals surface area contributed by atoms with E-state index in [1.165, 1.54) is 6.07 Å². The molecule has 0 aliphatic heterocycles. The van der Waals surface area contributed by atoms with Crippen molar-refractivity contribution in [3.05, 3.63) is 29.6 Å². The molecule has 20 heavy (non-hydrogen) atoms. The normalized spacial score (nSPS) is 12.7. The third-order valence-electron chi connectivity index (χ3n) is 3.29. The van der Waals surface area contributed by atoms with Crippen LogP contribution in [0.25, 0.3) is 0 Å². The van der Waals surface area contributed by atoms with Crippen LogP contribution in [0.2, 0.25) is 0 Å². The largest absolute Gasteiger partial charge is 0.496 e. The van der Waals surface area contributed by atoms with E-state index < -0.39 is 0 Å². The van der Waals surface area contributed by atoms with Gasteiger partial charge in [0.1, 0.15) is 11.6 Å². The van der Waals surface area contributed by atoms with Gasteiger partial charge in [-0.2, -0.15) is 0 Å². The molecular weight excluding hydrogens is 259 g/mol. The zero-order chi connectivity index (χ0) is 15.0. The third kappa shape index (κ3) is 5.07. The molecule has 5 heteroatoms. The highest BCUT2D eigenvalue weighted by molar-refractivity contribution is 5.36. The van der Waals surface area contributed by atoms with Gasteiger partial charge in [0.15, 0.2) is 0 Å². The van der Waals surface area contributed by atoms with Gasteiger partial charge >= 0.3 is 0 Å². The summed E-state index contributed by atoms with van der Waals surface area (Å²) >= 11 is 0. The highest BCUT2D eigenvalue weighted by Crippen LogP contribution is 2.27. The summed E-state index contributed by atoms with van der Waals surface area (Å²) in [5.41, 5.74) is 0.578. The molecule has 0 aliphatic rings. The SMILES string of the molecule is COCCN(C)CCNC(C)c1c(F)cccc1OC. The van der Waals surface area contributed by atoms with E-state index in [0.29, 0.717) is 17.9 Å². The topological polar surface area (TPSA) is 33.7 Å².